The van der Waals surface area contributed by atoms with Gasteiger partial charge in [-0.1, -0.05) is 25.5 Å². The van der Waals surface area contributed by atoms with E-state index in [-0.39, 0.29) is 22.5 Å². The molecule has 0 bridgehead atoms. The minimum absolute atomic E-state index is 0.0875. The number of carbonyl (C=O) groups excluding carboxylic acids is 1. The van der Waals surface area contributed by atoms with E-state index < -0.39 is 6.09 Å². The van der Waals surface area contributed by atoms with E-state index in [0.29, 0.717) is 24.5 Å². The second-order valence-corrected chi connectivity index (χ2v) is 10.9. The molecule has 30 heavy (non-hydrogen) atoms. The number of ether oxygens (including phenoxy) is 1. The number of hydrazone groups is 1. The zero-order chi connectivity index (χ0) is 21.3. The standard InChI is InChI=1S/C24H37N3O3/c1-5-30-21(29)27-26-14(2)24-20(25-24)13-19-17-7-6-15-12-16(28)8-10-22(15,3)18(17)9-11-23(19,24)4/h6,16-20,25,28H,5,7-13H2,1-4H3,(H,27,29)/t16?,17?,18?,19?,20-,22?,23?,24-/m1/s1. The molecule has 6 nitrogen and oxygen atoms in total. The molecule has 8 atom stereocenters. The Labute approximate surface area is 179 Å². The number of fused-ring (bicyclic) bond motifs is 7. The van der Waals surface area contributed by atoms with E-state index in [4.69, 9.17) is 4.74 Å². The van der Waals surface area contributed by atoms with E-state index in [2.05, 4.69) is 42.7 Å². The number of nitrogens with zero attached hydrogens (tertiary/aromatic N) is 1. The molecule has 166 valence electrons. The molecule has 6 unspecified atom stereocenters. The second-order valence-electron chi connectivity index (χ2n) is 10.9. The summed E-state index contributed by atoms with van der Waals surface area (Å²) in [5, 5.41) is 18.4. The van der Waals surface area contributed by atoms with Crippen LogP contribution >= 0.6 is 0 Å². The maximum Gasteiger partial charge on any atom is 0.427 e. The smallest absolute Gasteiger partial charge is 0.427 e. The number of hydrogen-bond acceptors (Lipinski definition) is 5. The van der Waals surface area contributed by atoms with Gasteiger partial charge in [0, 0.05) is 6.04 Å². The SMILES string of the molecule is CCOC(=O)NN=C(C)[C@@]12N[C@@H]1CC1C3CC=C4CC(O)CCC4(C)C3CCC12C. The largest absolute Gasteiger partial charge is 0.449 e. The van der Waals surface area contributed by atoms with Crippen molar-refractivity contribution in [3.63, 3.8) is 0 Å². The average Bonchev–Trinajstić information content (AvgIpc) is 3.39. The Hall–Kier alpha value is -1.40. The maximum absolute atomic E-state index is 11.7. The molecule has 0 radical (unpaired) electrons. The van der Waals surface area contributed by atoms with Gasteiger partial charge >= 0.3 is 6.09 Å². The Kier molecular flexibility index (Phi) is 4.64. The molecule has 1 aliphatic heterocycles. The average molecular weight is 416 g/mol. The van der Waals surface area contributed by atoms with Gasteiger partial charge in [0.05, 0.1) is 24.0 Å². The van der Waals surface area contributed by atoms with Gasteiger partial charge < -0.3 is 9.84 Å². The number of amides is 1. The number of aliphatic hydroxyl groups is 1. The predicted octanol–water partition coefficient (Wildman–Crippen LogP) is 3.75. The lowest BCUT2D eigenvalue weighted by molar-refractivity contribution is -0.0470. The van der Waals surface area contributed by atoms with E-state index in [1.807, 2.05) is 0 Å². The van der Waals surface area contributed by atoms with Gasteiger partial charge in [-0.05, 0) is 87.4 Å². The van der Waals surface area contributed by atoms with Crippen molar-refractivity contribution in [3.8, 4) is 0 Å². The van der Waals surface area contributed by atoms with Crippen molar-refractivity contribution in [2.45, 2.75) is 90.3 Å². The summed E-state index contributed by atoms with van der Waals surface area (Å²) in [7, 11) is 0. The monoisotopic (exact) mass is 415 g/mol. The molecule has 5 rings (SSSR count). The fourth-order valence-corrected chi connectivity index (χ4v) is 8.32. The van der Waals surface area contributed by atoms with Gasteiger partial charge in [-0.2, -0.15) is 5.10 Å². The number of nitrogens with one attached hydrogen (secondary N) is 2. The normalized spacial score (nSPS) is 49.2. The number of allylic oxidation sites excluding steroid dienone is 1. The number of hydrogen-bond donors (Lipinski definition) is 3. The van der Waals surface area contributed by atoms with E-state index in [1.54, 1.807) is 6.92 Å². The third-order valence-corrected chi connectivity index (χ3v) is 9.86. The van der Waals surface area contributed by atoms with Crippen LogP contribution in [0.5, 0.6) is 0 Å². The summed E-state index contributed by atoms with van der Waals surface area (Å²) in [4.78, 5) is 11.7. The molecular formula is C24H37N3O3. The number of piperidine rings is 1. The molecule has 3 N–H and O–H groups in total. The lowest BCUT2D eigenvalue weighted by Crippen LogP contribution is -2.55. The Morgan fingerprint density at radius 1 is 1.33 bits per heavy atom. The molecule has 1 amide bonds. The van der Waals surface area contributed by atoms with Crippen LogP contribution in [-0.2, 0) is 4.74 Å². The first kappa shape index (κ1) is 20.5. The zero-order valence-corrected chi connectivity index (χ0v) is 18.8. The Bertz CT molecular complexity index is 810. The van der Waals surface area contributed by atoms with E-state index in [9.17, 15) is 9.90 Å². The molecule has 1 heterocycles. The van der Waals surface area contributed by atoms with Crippen LogP contribution < -0.4 is 10.7 Å². The van der Waals surface area contributed by atoms with Gasteiger partial charge in [0.25, 0.3) is 0 Å². The molecule has 1 saturated heterocycles. The van der Waals surface area contributed by atoms with Crippen LogP contribution in [0.25, 0.3) is 0 Å². The van der Waals surface area contributed by atoms with Gasteiger partial charge in [-0.3, -0.25) is 5.32 Å². The van der Waals surface area contributed by atoms with Crippen LogP contribution in [0.3, 0.4) is 0 Å². The summed E-state index contributed by atoms with van der Waals surface area (Å²) in [5.41, 5.74) is 5.44. The van der Waals surface area contributed by atoms with Gasteiger partial charge in [-0.25, -0.2) is 10.2 Å². The van der Waals surface area contributed by atoms with E-state index in [0.717, 1.165) is 37.3 Å². The quantitative estimate of drug-likeness (QED) is 0.283. The van der Waals surface area contributed by atoms with Crippen LogP contribution in [0, 0.1) is 28.6 Å². The van der Waals surface area contributed by atoms with Crippen molar-refractivity contribution in [2.24, 2.45) is 33.7 Å². The summed E-state index contributed by atoms with van der Waals surface area (Å²) >= 11 is 0. The fourth-order valence-electron chi connectivity index (χ4n) is 8.32. The van der Waals surface area contributed by atoms with Crippen molar-refractivity contribution in [2.75, 3.05) is 6.61 Å². The fraction of sp³-hybridized carbons (Fsp3) is 0.833. The summed E-state index contributed by atoms with van der Waals surface area (Å²) in [6.45, 7) is 9.14. The van der Waals surface area contributed by atoms with Crippen LogP contribution in [0.2, 0.25) is 0 Å². The number of carbonyl (C=O) groups is 1. The molecule has 0 aromatic heterocycles. The second kappa shape index (κ2) is 6.80. The van der Waals surface area contributed by atoms with Crippen molar-refractivity contribution < 1.29 is 14.6 Å². The van der Waals surface area contributed by atoms with Gasteiger partial charge in [0.15, 0.2) is 0 Å². The molecule has 5 aliphatic rings. The first-order valence-corrected chi connectivity index (χ1v) is 11.9. The van der Waals surface area contributed by atoms with Gasteiger partial charge in [0.2, 0.25) is 0 Å². The summed E-state index contributed by atoms with van der Waals surface area (Å²) in [5.74, 6) is 2.12. The van der Waals surface area contributed by atoms with Crippen molar-refractivity contribution in [1.29, 1.82) is 0 Å². The molecule has 0 aromatic carbocycles. The van der Waals surface area contributed by atoms with Crippen LogP contribution in [0.15, 0.2) is 16.8 Å². The Morgan fingerprint density at radius 3 is 2.90 bits per heavy atom. The summed E-state index contributed by atoms with van der Waals surface area (Å²) in [6.07, 6.45) is 9.60. The third-order valence-electron chi connectivity index (χ3n) is 9.86. The van der Waals surface area contributed by atoms with Crippen LogP contribution in [0.4, 0.5) is 4.79 Å². The Balaban J connectivity index is 1.40. The predicted molar refractivity (Wildman–Crippen MR) is 116 cm³/mol. The summed E-state index contributed by atoms with van der Waals surface area (Å²) < 4.78 is 4.97. The third kappa shape index (κ3) is 2.62. The molecule has 0 aromatic rings. The molecular weight excluding hydrogens is 378 g/mol. The van der Waals surface area contributed by atoms with Crippen molar-refractivity contribution in [1.82, 2.24) is 10.7 Å². The molecule has 0 spiro atoms. The van der Waals surface area contributed by atoms with Crippen LogP contribution in [0.1, 0.15) is 72.6 Å². The van der Waals surface area contributed by atoms with E-state index >= 15 is 0 Å². The van der Waals surface area contributed by atoms with Crippen molar-refractivity contribution >= 4 is 11.8 Å². The topological polar surface area (TPSA) is 92.9 Å². The van der Waals surface area contributed by atoms with Crippen LogP contribution in [-0.4, -0.2) is 41.2 Å². The Morgan fingerprint density at radius 2 is 2.13 bits per heavy atom. The molecule has 4 fully saturated rings. The van der Waals surface area contributed by atoms with Gasteiger partial charge in [-0.15, -0.1) is 0 Å². The number of aliphatic hydroxyl groups excluding tert-OH is 1. The maximum atomic E-state index is 11.7. The van der Waals surface area contributed by atoms with Gasteiger partial charge in [0.1, 0.15) is 0 Å². The molecule has 3 saturated carbocycles. The first-order valence-electron chi connectivity index (χ1n) is 11.9. The highest BCUT2D eigenvalue weighted by molar-refractivity contribution is 5.97. The highest BCUT2D eigenvalue weighted by atomic mass is 16.5. The van der Waals surface area contributed by atoms with Crippen molar-refractivity contribution in [3.05, 3.63) is 11.6 Å². The minimum atomic E-state index is -0.480. The first-order chi connectivity index (χ1) is 14.3. The highest BCUT2D eigenvalue weighted by Gasteiger charge is 2.76. The highest BCUT2D eigenvalue weighted by Crippen LogP contribution is 2.70. The minimum Gasteiger partial charge on any atom is -0.449 e. The lowest BCUT2D eigenvalue weighted by Gasteiger charge is -2.58. The molecule has 6 heteroatoms. The molecule has 4 aliphatic carbocycles. The zero-order valence-electron chi connectivity index (χ0n) is 18.8. The summed E-state index contributed by atoms with van der Waals surface area (Å²) in [6, 6.07) is 0.463. The van der Waals surface area contributed by atoms with E-state index in [1.165, 1.54) is 24.8 Å². The number of rotatable bonds is 3. The lowest BCUT2D eigenvalue weighted by atomic mass is 9.46.